The van der Waals surface area contributed by atoms with E-state index in [1.807, 2.05) is 32.9 Å². The van der Waals surface area contributed by atoms with E-state index in [-0.39, 0.29) is 35.6 Å². The fourth-order valence-electron chi connectivity index (χ4n) is 3.20. The summed E-state index contributed by atoms with van der Waals surface area (Å²) in [5.74, 6) is -0.319. The number of fused-ring (bicyclic) bond motifs is 1. The second kappa shape index (κ2) is 4.30. The van der Waals surface area contributed by atoms with Gasteiger partial charge in [-0.2, -0.15) is 0 Å². The van der Waals surface area contributed by atoms with E-state index in [9.17, 15) is 9.59 Å². The van der Waals surface area contributed by atoms with E-state index in [4.69, 9.17) is 0 Å². The summed E-state index contributed by atoms with van der Waals surface area (Å²) >= 11 is 0. The Bertz CT molecular complexity index is 558. The number of amides is 2. The van der Waals surface area contributed by atoms with Gasteiger partial charge >= 0.3 is 0 Å². The first-order valence-electron chi connectivity index (χ1n) is 7.01. The lowest BCUT2D eigenvalue weighted by Gasteiger charge is -2.20. The van der Waals surface area contributed by atoms with E-state index in [0.29, 0.717) is 0 Å². The average molecular weight is 273 g/mol. The van der Waals surface area contributed by atoms with Gasteiger partial charge < -0.3 is 5.32 Å². The van der Waals surface area contributed by atoms with Crippen LogP contribution in [0, 0.1) is 17.3 Å². The second-order valence-electron chi connectivity index (χ2n) is 6.11. The molecule has 0 aromatic carbocycles. The first-order chi connectivity index (χ1) is 9.46. The molecule has 0 radical (unpaired) electrons. The summed E-state index contributed by atoms with van der Waals surface area (Å²) in [4.78, 5) is 30.1. The Morgan fingerprint density at radius 1 is 1.30 bits per heavy atom. The zero-order valence-electron chi connectivity index (χ0n) is 12.0. The molecule has 0 bridgehead atoms. The second-order valence-corrected chi connectivity index (χ2v) is 6.11. The van der Waals surface area contributed by atoms with Gasteiger partial charge in [0.2, 0.25) is 11.8 Å². The fourth-order valence-corrected chi connectivity index (χ4v) is 3.20. The van der Waals surface area contributed by atoms with Crippen LogP contribution < -0.4 is 5.32 Å². The lowest BCUT2D eigenvalue weighted by molar-refractivity contribution is -0.143. The molecule has 5 heteroatoms. The Balaban J connectivity index is 1.75. The predicted octanol–water partition coefficient (Wildman–Crippen LogP) is 1.65. The molecule has 1 aliphatic carbocycles. The molecule has 2 atom stereocenters. The zero-order chi connectivity index (χ0) is 14.5. The number of nitrogens with one attached hydrogen (secondary N) is 1. The van der Waals surface area contributed by atoms with Crippen molar-refractivity contribution in [2.45, 2.75) is 27.3 Å². The molecule has 1 saturated carbocycles. The highest BCUT2D eigenvalue weighted by Crippen LogP contribution is 2.63. The van der Waals surface area contributed by atoms with Gasteiger partial charge in [-0.05, 0) is 24.5 Å². The van der Waals surface area contributed by atoms with Crippen LogP contribution in [0.1, 0.15) is 26.5 Å². The molecule has 2 unspecified atom stereocenters. The van der Waals surface area contributed by atoms with Gasteiger partial charge in [-0.25, -0.2) is 0 Å². The fraction of sp³-hybridized carbons (Fsp3) is 0.533. The highest BCUT2D eigenvalue weighted by Gasteiger charge is 2.72. The SMILES string of the molecule is CCNc1ccnc(CN2C(=O)C3C(C2=O)C3(C)C)c1. The van der Waals surface area contributed by atoms with Crippen LogP contribution in [-0.2, 0) is 16.1 Å². The maximum absolute atomic E-state index is 12.2. The van der Waals surface area contributed by atoms with Crippen molar-refractivity contribution < 1.29 is 9.59 Å². The number of carbonyl (C=O) groups excluding carboxylic acids is 2. The maximum Gasteiger partial charge on any atom is 0.234 e. The summed E-state index contributed by atoms with van der Waals surface area (Å²) in [5.41, 5.74) is 1.55. The van der Waals surface area contributed by atoms with Crippen LogP contribution in [0.15, 0.2) is 18.3 Å². The summed E-state index contributed by atoms with van der Waals surface area (Å²) in [5, 5.41) is 3.20. The van der Waals surface area contributed by atoms with Crippen molar-refractivity contribution in [2.75, 3.05) is 11.9 Å². The number of aromatic nitrogens is 1. The molecule has 2 fully saturated rings. The number of likely N-dealkylation sites (tertiary alicyclic amines) is 1. The molecule has 1 aromatic rings. The quantitative estimate of drug-likeness (QED) is 0.847. The number of rotatable bonds is 4. The van der Waals surface area contributed by atoms with Crippen molar-refractivity contribution in [3.8, 4) is 0 Å². The molecule has 1 aromatic heterocycles. The molecule has 2 heterocycles. The minimum atomic E-state index is -0.149. The molecule has 3 rings (SSSR count). The largest absolute Gasteiger partial charge is 0.385 e. The summed E-state index contributed by atoms with van der Waals surface area (Å²) in [6.07, 6.45) is 1.70. The number of hydrogen-bond acceptors (Lipinski definition) is 4. The van der Waals surface area contributed by atoms with Crippen LogP contribution in [0.5, 0.6) is 0 Å². The molecule has 20 heavy (non-hydrogen) atoms. The summed E-state index contributed by atoms with van der Waals surface area (Å²) < 4.78 is 0. The Kier molecular flexibility index (Phi) is 2.81. The molecule has 1 N–H and O–H groups in total. The normalized spacial score (nSPS) is 26.6. The minimum Gasteiger partial charge on any atom is -0.385 e. The Labute approximate surface area is 118 Å². The van der Waals surface area contributed by atoms with Crippen LogP contribution >= 0.6 is 0 Å². The van der Waals surface area contributed by atoms with Gasteiger partial charge in [0.1, 0.15) is 0 Å². The van der Waals surface area contributed by atoms with Crippen molar-refractivity contribution in [1.29, 1.82) is 0 Å². The molecule has 106 valence electrons. The van der Waals surface area contributed by atoms with E-state index in [1.54, 1.807) is 6.20 Å². The minimum absolute atomic E-state index is 0.0411. The number of anilines is 1. The van der Waals surface area contributed by atoms with Crippen molar-refractivity contribution in [3.05, 3.63) is 24.0 Å². The standard InChI is InChI=1S/C15H19N3O2/c1-4-16-9-5-6-17-10(7-9)8-18-13(19)11-12(14(18)20)15(11,2)3/h5-7,11-12H,4,8H2,1-3H3,(H,16,17). The van der Waals surface area contributed by atoms with Gasteiger partial charge in [-0.1, -0.05) is 13.8 Å². The number of piperidine rings is 1. The number of imide groups is 1. The van der Waals surface area contributed by atoms with Gasteiger partial charge in [-0.3, -0.25) is 19.5 Å². The number of hydrogen-bond donors (Lipinski definition) is 1. The van der Waals surface area contributed by atoms with Gasteiger partial charge in [0.15, 0.2) is 0 Å². The average Bonchev–Trinajstić information content (AvgIpc) is 2.87. The van der Waals surface area contributed by atoms with E-state index < -0.39 is 0 Å². The Hall–Kier alpha value is -1.91. The van der Waals surface area contributed by atoms with Crippen molar-refractivity contribution in [1.82, 2.24) is 9.88 Å². The van der Waals surface area contributed by atoms with E-state index in [1.165, 1.54) is 4.90 Å². The molecular formula is C15H19N3O2. The van der Waals surface area contributed by atoms with Crippen LogP contribution in [-0.4, -0.2) is 28.2 Å². The van der Waals surface area contributed by atoms with Gasteiger partial charge in [-0.15, -0.1) is 0 Å². The molecule has 2 amide bonds. The maximum atomic E-state index is 12.2. The third kappa shape index (κ3) is 1.80. The van der Waals surface area contributed by atoms with Gasteiger partial charge in [0.05, 0.1) is 24.1 Å². The van der Waals surface area contributed by atoms with Gasteiger partial charge in [0.25, 0.3) is 0 Å². The molecule has 0 spiro atoms. The molecular weight excluding hydrogens is 254 g/mol. The number of nitrogens with zero attached hydrogens (tertiary/aromatic N) is 2. The van der Waals surface area contributed by atoms with Crippen molar-refractivity contribution >= 4 is 17.5 Å². The highest BCUT2D eigenvalue weighted by atomic mass is 16.2. The Morgan fingerprint density at radius 2 is 1.95 bits per heavy atom. The molecule has 2 aliphatic rings. The monoisotopic (exact) mass is 273 g/mol. The predicted molar refractivity (Wildman–Crippen MR) is 74.7 cm³/mol. The van der Waals surface area contributed by atoms with Gasteiger partial charge in [0, 0.05) is 18.4 Å². The number of pyridine rings is 1. The molecule has 1 saturated heterocycles. The van der Waals surface area contributed by atoms with Crippen LogP contribution in [0.4, 0.5) is 5.69 Å². The van der Waals surface area contributed by atoms with E-state index >= 15 is 0 Å². The van der Waals surface area contributed by atoms with E-state index in [2.05, 4.69) is 10.3 Å². The lowest BCUT2D eigenvalue weighted by Crippen LogP contribution is -2.35. The topological polar surface area (TPSA) is 62.3 Å². The van der Waals surface area contributed by atoms with E-state index in [0.717, 1.165) is 17.9 Å². The lowest BCUT2D eigenvalue weighted by atomic mass is 10.1. The number of carbonyl (C=O) groups is 2. The third-order valence-electron chi connectivity index (χ3n) is 4.41. The third-order valence-corrected chi connectivity index (χ3v) is 4.41. The molecule has 5 nitrogen and oxygen atoms in total. The Morgan fingerprint density at radius 3 is 2.55 bits per heavy atom. The van der Waals surface area contributed by atoms with Crippen LogP contribution in [0.25, 0.3) is 0 Å². The summed E-state index contributed by atoms with van der Waals surface area (Å²) in [7, 11) is 0. The molecule has 1 aliphatic heterocycles. The highest BCUT2D eigenvalue weighted by molar-refractivity contribution is 6.10. The first kappa shape index (κ1) is 13.1. The van der Waals surface area contributed by atoms with Crippen molar-refractivity contribution in [3.63, 3.8) is 0 Å². The van der Waals surface area contributed by atoms with Crippen LogP contribution in [0.2, 0.25) is 0 Å². The summed E-state index contributed by atoms with van der Waals surface area (Å²) in [6.45, 7) is 7.09. The first-order valence-corrected chi connectivity index (χ1v) is 7.01. The smallest absolute Gasteiger partial charge is 0.234 e. The van der Waals surface area contributed by atoms with Crippen molar-refractivity contribution in [2.24, 2.45) is 17.3 Å². The summed E-state index contributed by atoms with van der Waals surface area (Å²) in [6, 6.07) is 3.76. The zero-order valence-corrected chi connectivity index (χ0v) is 12.0. The van der Waals surface area contributed by atoms with Crippen LogP contribution in [0.3, 0.4) is 0 Å².